The fourth-order valence-electron chi connectivity index (χ4n) is 0.846. The smallest absolute Gasteiger partial charge is 0.406 e. The van der Waals surface area contributed by atoms with E-state index in [0.717, 1.165) is 0 Å². The van der Waals surface area contributed by atoms with E-state index in [4.69, 9.17) is 9.94 Å². The van der Waals surface area contributed by atoms with Gasteiger partial charge in [-0.15, -0.1) is 0 Å². The number of carboxylic acid groups (broad SMARTS) is 1. The van der Waals surface area contributed by atoms with Gasteiger partial charge in [-0.3, -0.25) is 4.84 Å². The van der Waals surface area contributed by atoms with Crippen molar-refractivity contribution in [1.29, 1.82) is 0 Å². The van der Waals surface area contributed by atoms with E-state index in [-0.39, 0.29) is 5.69 Å². The van der Waals surface area contributed by atoms with Gasteiger partial charge in [0.15, 0.2) is 6.61 Å². The summed E-state index contributed by atoms with van der Waals surface area (Å²) in [4.78, 5) is 15.6. The number of pyridine rings is 1. The average molecular weight is 168 g/mol. The van der Waals surface area contributed by atoms with Crippen molar-refractivity contribution in [2.75, 3.05) is 6.61 Å². The van der Waals surface area contributed by atoms with E-state index in [1.807, 2.05) is 0 Å². The highest BCUT2D eigenvalue weighted by molar-refractivity contribution is 5.83. The molecule has 0 spiro atoms. The van der Waals surface area contributed by atoms with Gasteiger partial charge in [0, 0.05) is 16.9 Å². The third-order valence-electron chi connectivity index (χ3n) is 1.31. The molecule has 0 amide bonds. The summed E-state index contributed by atoms with van der Waals surface area (Å²) in [6, 6.07) is 4.85. The molecule has 1 aromatic rings. The van der Waals surface area contributed by atoms with Gasteiger partial charge in [0.2, 0.25) is 6.20 Å². The van der Waals surface area contributed by atoms with Crippen LogP contribution in [-0.4, -0.2) is 17.7 Å². The molecule has 0 fully saturated rings. The normalized spacial score (nSPS) is 9.42. The van der Waals surface area contributed by atoms with Gasteiger partial charge < -0.3 is 5.11 Å². The minimum atomic E-state index is -0.996. The van der Waals surface area contributed by atoms with Gasteiger partial charge in [-0.2, -0.15) is 0 Å². The summed E-state index contributed by atoms with van der Waals surface area (Å²) in [5.41, 5.74) is 0.124. The zero-order valence-corrected chi connectivity index (χ0v) is 6.73. The first-order chi connectivity index (χ1) is 5.75. The second-order valence-electron chi connectivity index (χ2n) is 2.13. The Balaban J connectivity index is 3.00. The minimum Gasteiger partial charge on any atom is -0.473 e. The number of hydrogen-bond donors (Lipinski definition) is 1. The van der Waals surface area contributed by atoms with Gasteiger partial charge >= 0.3 is 11.7 Å². The molecule has 1 rings (SSSR count). The van der Waals surface area contributed by atoms with Crippen molar-refractivity contribution in [3.63, 3.8) is 0 Å². The SMILES string of the molecule is CCO[n+]1ccccc1C(=O)O. The van der Waals surface area contributed by atoms with Crippen LogP contribution in [0.2, 0.25) is 0 Å². The molecule has 0 atom stereocenters. The highest BCUT2D eigenvalue weighted by Gasteiger charge is 2.18. The van der Waals surface area contributed by atoms with Gasteiger partial charge in [0.1, 0.15) is 0 Å². The van der Waals surface area contributed by atoms with Gasteiger partial charge in [-0.05, 0) is 13.0 Å². The molecule has 0 unspecified atom stereocenters. The Kier molecular flexibility index (Phi) is 2.63. The lowest BCUT2D eigenvalue weighted by atomic mass is 10.3. The summed E-state index contributed by atoms with van der Waals surface area (Å²) >= 11 is 0. The van der Waals surface area contributed by atoms with E-state index >= 15 is 0 Å². The number of aromatic carboxylic acids is 1. The summed E-state index contributed by atoms with van der Waals surface area (Å²) in [5.74, 6) is -0.996. The highest BCUT2D eigenvalue weighted by Crippen LogP contribution is 1.89. The predicted molar refractivity (Wildman–Crippen MR) is 40.7 cm³/mol. The molecule has 64 valence electrons. The summed E-state index contributed by atoms with van der Waals surface area (Å²) in [6.45, 7) is 2.24. The molecule has 0 bridgehead atoms. The minimum absolute atomic E-state index is 0.124. The zero-order chi connectivity index (χ0) is 8.97. The quantitative estimate of drug-likeness (QED) is 0.652. The Labute approximate surface area is 70.0 Å². The Morgan fingerprint density at radius 3 is 3.00 bits per heavy atom. The van der Waals surface area contributed by atoms with Crippen molar-refractivity contribution < 1.29 is 19.5 Å². The third-order valence-corrected chi connectivity index (χ3v) is 1.31. The Hall–Kier alpha value is -1.58. The summed E-state index contributed by atoms with van der Waals surface area (Å²) in [5, 5.41) is 8.69. The molecule has 4 nitrogen and oxygen atoms in total. The number of nitrogens with zero attached hydrogens (tertiary/aromatic N) is 1. The number of carboxylic acids is 1. The number of aromatic nitrogens is 1. The topological polar surface area (TPSA) is 50.4 Å². The molecule has 0 aliphatic heterocycles. The van der Waals surface area contributed by atoms with Crippen molar-refractivity contribution in [3.8, 4) is 0 Å². The van der Waals surface area contributed by atoms with Crippen molar-refractivity contribution in [1.82, 2.24) is 0 Å². The van der Waals surface area contributed by atoms with Crippen LogP contribution in [0.25, 0.3) is 0 Å². The van der Waals surface area contributed by atoms with E-state index in [9.17, 15) is 4.79 Å². The van der Waals surface area contributed by atoms with Gasteiger partial charge in [-0.25, -0.2) is 4.79 Å². The Bertz CT molecular complexity index is 285. The van der Waals surface area contributed by atoms with Crippen LogP contribution in [0, 0.1) is 0 Å². The summed E-state index contributed by atoms with van der Waals surface area (Å²) < 4.78 is 1.24. The predicted octanol–water partition coefficient (Wildman–Crippen LogP) is 0.121. The molecule has 0 radical (unpaired) electrons. The van der Waals surface area contributed by atoms with Crippen LogP contribution in [-0.2, 0) is 0 Å². The third kappa shape index (κ3) is 1.72. The molecule has 0 aliphatic rings. The largest absolute Gasteiger partial charge is 0.473 e. The highest BCUT2D eigenvalue weighted by atomic mass is 16.7. The van der Waals surface area contributed by atoms with E-state index in [1.165, 1.54) is 10.8 Å². The molecule has 4 heteroatoms. The van der Waals surface area contributed by atoms with Crippen LogP contribution in [0.15, 0.2) is 24.4 Å². The maximum absolute atomic E-state index is 10.6. The molecule has 0 aliphatic carbocycles. The molecule has 1 heterocycles. The maximum atomic E-state index is 10.6. The first kappa shape index (κ1) is 8.52. The van der Waals surface area contributed by atoms with E-state index in [2.05, 4.69) is 0 Å². The number of hydrogen-bond acceptors (Lipinski definition) is 2. The molecule has 12 heavy (non-hydrogen) atoms. The van der Waals surface area contributed by atoms with Crippen LogP contribution < -0.4 is 9.57 Å². The molecular weight excluding hydrogens is 158 g/mol. The molecule has 0 saturated carbocycles. The second kappa shape index (κ2) is 3.71. The number of carbonyl (C=O) groups is 1. The van der Waals surface area contributed by atoms with E-state index in [0.29, 0.717) is 6.61 Å². The van der Waals surface area contributed by atoms with Crippen LogP contribution in [0.3, 0.4) is 0 Å². The van der Waals surface area contributed by atoms with E-state index in [1.54, 1.807) is 25.3 Å². The maximum Gasteiger partial charge on any atom is 0.406 e. The average Bonchev–Trinajstić information content (AvgIpc) is 2.05. The lowest BCUT2D eigenvalue weighted by Gasteiger charge is -1.95. The first-order valence-corrected chi connectivity index (χ1v) is 3.63. The molecule has 0 aromatic carbocycles. The summed E-state index contributed by atoms with van der Waals surface area (Å²) in [6.07, 6.45) is 1.56. The standard InChI is InChI=1S/C8H9NO3/c1-2-12-9-6-4-3-5-7(9)8(10)11/h3-6H,2H2,1H3/p+1. The van der Waals surface area contributed by atoms with Crippen molar-refractivity contribution in [2.45, 2.75) is 6.92 Å². The lowest BCUT2D eigenvalue weighted by Crippen LogP contribution is -2.47. The summed E-state index contributed by atoms with van der Waals surface area (Å²) in [7, 11) is 0. The van der Waals surface area contributed by atoms with E-state index < -0.39 is 5.97 Å². The van der Waals surface area contributed by atoms with Gasteiger partial charge in [-0.1, -0.05) is 0 Å². The first-order valence-electron chi connectivity index (χ1n) is 3.63. The van der Waals surface area contributed by atoms with Crippen molar-refractivity contribution >= 4 is 5.97 Å². The lowest BCUT2D eigenvalue weighted by molar-refractivity contribution is -0.892. The molecular formula is C8H10NO3+. The number of rotatable bonds is 3. The van der Waals surface area contributed by atoms with Crippen molar-refractivity contribution in [2.24, 2.45) is 0 Å². The van der Waals surface area contributed by atoms with Gasteiger partial charge in [0.05, 0.1) is 0 Å². The van der Waals surface area contributed by atoms with Crippen LogP contribution in [0.4, 0.5) is 0 Å². The fraction of sp³-hybridized carbons (Fsp3) is 0.250. The van der Waals surface area contributed by atoms with Crippen LogP contribution in [0.1, 0.15) is 17.4 Å². The fourth-order valence-corrected chi connectivity index (χ4v) is 0.846. The van der Waals surface area contributed by atoms with Crippen LogP contribution >= 0.6 is 0 Å². The Morgan fingerprint density at radius 2 is 2.42 bits per heavy atom. The molecule has 1 N–H and O–H groups in total. The van der Waals surface area contributed by atoms with Gasteiger partial charge in [0.25, 0.3) is 0 Å². The van der Waals surface area contributed by atoms with Crippen LogP contribution in [0.5, 0.6) is 0 Å². The molecule has 0 saturated heterocycles. The zero-order valence-electron chi connectivity index (χ0n) is 6.73. The van der Waals surface area contributed by atoms with Crippen molar-refractivity contribution in [3.05, 3.63) is 30.1 Å². The monoisotopic (exact) mass is 168 g/mol. The Morgan fingerprint density at radius 1 is 1.67 bits per heavy atom. The molecule has 1 aromatic heterocycles. The second-order valence-corrected chi connectivity index (χ2v) is 2.13.